The number of nitrogen functional groups attached to an aromatic ring is 1. The first-order valence-corrected chi connectivity index (χ1v) is 10.7. The maximum absolute atomic E-state index is 13.0. The highest BCUT2D eigenvalue weighted by Gasteiger charge is 2.37. The molecule has 0 saturated heterocycles. The van der Waals surface area contributed by atoms with Crippen molar-refractivity contribution in [3.8, 4) is 0 Å². The monoisotopic (exact) mass is 472 g/mol. The molecular formula is C26H20N2O7. The Morgan fingerprint density at radius 2 is 1.43 bits per heavy atom. The SMILES string of the molecule is CCOC(=O)c1ccc(N2C(=O)c3ccc(C(=O)OCC(=O)c4cccc(N)c4)cc3C2=O)cc1. The van der Waals surface area contributed by atoms with Crippen molar-refractivity contribution in [3.63, 3.8) is 0 Å². The molecular weight excluding hydrogens is 452 g/mol. The summed E-state index contributed by atoms with van der Waals surface area (Å²) in [5.41, 5.74) is 7.09. The predicted octanol–water partition coefficient (Wildman–Crippen LogP) is 3.29. The zero-order valence-corrected chi connectivity index (χ0v) is 18.6. The van der Waals surface area contributed by atoms with Crippen molar-refractivity contribution in [2.24, 2.45) is 0 Å². The lowest BCUT2D eigenvalue weighted by molar-refractivity contribution is 0.0474. The van der Waals surface area contributed by atoms with Crippen LogP contribution >= 0.6 is 0 Å². The van der Waals surface area contributed by atoms with E-state index in [1.165, 1.54) is 48.5 Å². The molecule has 0 bridgehead atoms. The molecule has 0 fully saturated rings. The number of benzene rings is 3. The highest BCUT2D eigenvalue weighted by atomic mass is 16.5. The summed E-state index contributed by atoms with van der Waals surface area (Å²) < 4.78 is 10.0. The second-order valence-electron chi connectivity index (χ2n) is 7.60. The van der Waals surface area contributed by atoms with Crippen molar-refractivity contribution in [1.29, 1.82) is 0 Å². The van der Waals surface area contributed by atoms with Crippen LogP contribution in [0.2, 0.25) is 0 Å². The fraction of sp³-hybridized carbons (Fsp3) is 0.115. The van der Waals surface area contributed by atoms with Crippen molar-refractivity contribution in [2.45, 2.75) is 6.92 Å². The summed E-state index contributed by atoms with van der Waals surface area (Å²) in [5.74, 6) is -2.96. The summed E-state index contributed by atoms with van der Waals surface area (Å²) in [6.45, 7) is 1.40. The summed E-state index contributed by atoms with van der Waals surface area (Å²) in [7, 11) is 0. The van der Waals surface area contributed by atoms with Gasteiger partial charge in [-0.3, -0.25) is 14.4 Å². The maximum atomic E-state index is 13.0. The Hall–Kier alpha value is -4.79. The van der Waals surface area contributed by atoms with Gasteiger partial charge in [0.05, 0.1) is 34.5 Å². The number of amides is 2. The third kappa shape index (κ3) is 4.65. The number of ether oxygens (including phenoxy) is 2. The lowest BCUT2D eigenvalue weighted by Crippen LogP contribution is -2.29. The first-order chi connectivity index (χ1) is 16.8. The van der Waals surface area contributed by atoms with Crippen LogP contribution in [0.3, 0.4) is 0 Å². The lowest BCUT2D eigenvalue weighted by Gasteiger charge is -2.14. The third-order valence-electron chi connectivity index (χ3n) is 5.30. The number of fused-ring (bicyclic) bond motifs is 1. The Balaban J connectivity index is 1.48. The topological polar surface area (TPSA) is 133 Å². The molecule has 9 heteroatoms. The van der Waals surface area contributed by atoms with E-state index in [0.29, 0.717) is 11.3 Å². The van der Waals surface area contributed by atoms with E-state index in [2.05, 4.69) is 0 Å². The van der Waals surface area contributed by atoms with E-state index in [1.54, 1.807) is 25.1 Å². The average Bonchev–Trinajstić information content (AvgIpc) is 3.11. The van der Waals surface area contributed by atoms with Crippen LogP contribution in [-0.2, 0) is 9.47 Å². The van der Waals surface area contributed by atoms with Crippen LogP contribution < -0.4 is 10.6 Å². The number of Topliss-reactive ketones (excluding diaryl/α,β-unsaturated/α-hetero) is 1. The van der Waals surface area contributed by atoms with Crippen LogP contribution in [0.1, 0.15) is 58.7 Å². The van der Waals surface area contributed by atoms with Gasteiger partial charge in [0.25, 0.3) is 11.8 Å². The Labute approximate surface area is 200 Å². The van der Waals surface area contributed by atoms with E-state index in [-0.39, 0.29) is 34.5 Å². The number of hydrogen-bond donors (Lipinski definition) is 1. The van der Waals surface area contributed by atoms with Gasteiger partial charge in [0.2, 0.25) is 0 Å². The van der Waals surface area contributed by atoms with E-state index < -0.39 is 36.1 Å². The van der Waals surface area contributed by atoms with Gasteiger partial charge >= 0.3 is 11.9 Å². The number of imide groups is 1. The van der Waals surface area contributed by atoms with E-state index in [0.717, 1.165) is 4.90 Å². The molecule has 3 aromatic carbocycles. The summed E-state index contributed by atoms with van der Waals surface area (Å²) in [5, 5.41) is 0. The molecule has 3 aromatic rings. The van der Waals surface area contributed by atoms with Crippen molar-refractivity contribution in [3.05, 3.63) is 94.5 Å². The quantitative estimate of drug-likeness (QED) is 0.240. The van der Waals surface area contributed by atoms with Gasteiger partial charge in [-0.1, -0.05) is 12.1 Å². The van der Waals surface area contributed by atoms with Gasteiger partial charge in [0, 0.05) is 11.3 Å². The van der Waals surface area contributed by atoms with Gasteiger partial charge in [-0.25, -0.2) is 14.5 Å². The Morgan fingerprint density at radius 3 is 2.11 bits per heavy atom. The summed E-state index contributed by atoms with van der Waals surface area (Å²) >= 11 is 0. The van der Waals surface area contributed by atoms with Crippen molar-refractivity contribution in [2.75, 3.05) is 23.8 Å². The highest BCUT2D eigenvalue weighted by molar-refractivity contribution is 6.34. The highest BCUT2D eigenvalue weighted by Crippen LogP contribution is 2.29. The largest absolute Gasteiger partial charge is 0.462 e. The molecule has 9 nitrogen and oxygen atoms in total. The molecule has 0 radical (unpaired) electrons. The number of carbonyl (C=O) groups excluding carboxylic acids is 5. The van der Waals surface area contributed by atoms with Crippen LogP contribution in [0, 0.1) is 0 Å². The number of hydrogen-bond acceptors (Lipinski definition) is 8. The third-order valence-corrected chi connectivity index (χ3v) is 5.30. The predicted molar refractivity (Wildman–Crippen MR) is 125 cm³/mol. The summed E-state index contributed by atoms with van der Waals surface area (Å²) in [4.78, 5) is 63.4. The minimum Gasteiger partial charge on any atom is -0.462 e. The molecule has 0 aliphatic carbocycles. The van der Waals surface area contributed by atoms with Gasteiger partial charge in [-0.15, -0.1) is 0 Å². The molecule has 35 heavy (non-hydrogen) atoms. The van der Waals surface area contributed by atoms with Gasteiger partial charge in [0.1, 0.15) is 0 Å². The molecule has 1 heterocycles. The molecule has 0 saturated carbocycles. The van der Waals surface area contributed by atoms with Gasteiger partial charge in [-0.05, 0) is 61.5 Å². The number of nitrogens with zero attached hydrogens (tertiary/aromatic N) is 1. The lowest BCUT2D eigenvalue weighted by atomic mass is 10.1. The minimum absolute atomic E-state index is 0.0183. The van der Waals surface area contributed by atoms with Gasteiger partial charge in [-0.2, -0.15) is 0 Å². The van der Waals surface area contributed by atoms with Crippen LogP contribution in [-0.4, -0.2) is 42.7 Å². The van der Waals surface area contributed by atoms with E-state index in [9.17, 15) is 24.0 Å². The van der Waals surface area contributed by atoms with Gasteiger partial charge < -0.3 is 15.2 Å². The molecule has 0 aromatic heterocycles. The fourth-order valence-electron chi connectivity index (χ4n) is 3.57. The minimum atomic E-state index is -0.817. The molecule has 0 unspecified atom stereocenters. The van der Waals surface area contributed by atoms with Crippen LogP contribution in [0.25, 0.3) is 0 Å². The maximum Gasteiger partial charge on any atom is 0.338 e. The first kappa shape index (κ1) is 23.4. The van der Waals surface area contributed by atoms with Crippen LogP contribution in [0.4, 0.5) is 11.4 Å². The number of esters is 2. The second kappa shape index (κ2) is 9.60. The van der Waals surface area contributed by atoms with E-state index in [4.69, 9.17) is 15.2 Å². The molecule has 1 aliphatic heterocycles. The number of rotatable bonds is 7. The number of ketones is 1. The molecule has 2 amide bonds. The zero-order chi connectivity index (χ0) is 25.1. The standard InChI is InChI=1S/C26H20N2O7/c1-2-34-25(32)15-6-9-19(10-7-15)28-23(30)20-11-8-17(13-21(20)24(28)31)26(33)35-14-22(29)16-4-3-5-18(27)12-16/h3-13H,2,14,27H2,1H3. The number of nitrogens with two attached hydrogens (primary N) is 1. The summed E-state index contributed by atoms with van der Waals surface area (Å²) in [6.07, 6.45) is 0. The Bertz CT molecular complexity index is 1360. The first-order valence-electron chi connectivity index (χ1n) is 10.7. The normalized spacial score (nSPS) is 12.3. The van der Waals surface area contributed by atoms with Crippen molar-refractivity contribution < 1.29 is 33.4 Å². The number of carbonyl (C=O) groups is 5. The fourth-order valence-corrected chi connectivity index (χ4v) is 3.57. The molecule has 0 atom stereocenters. The van der Waals surface area contributed by atoms with E-state index in [1.807, 2.05) is 0 Å². The van der Waals surface area contributed by atoms with Gasteiger partial charge in [0.15, 0.2) is 12.4 Å². The molecule has 1 aliphatic rings. The van der Waals surface area contributed by atoms with Crippen molar-refractivity contribution in [1.82, 2.24) is 0 Å². The molecule has 4 rings (SSSR count). The van der Waals surface area contributed by atoms with Crippen LogP contribution in [0.5, 0.6) is 0 Å². The van der Waals surface area contributed by atoms with Crippen LogP contribution in [0.15, 0.2) is 66.7 Å². The molecule has 0 spiro atoms. The molecule has 176 valence electrons. The number of anilines is 2. The Kier molecular flexibility index (Phi) is 6.41. The van der Waals surface area contributed by atoms with E-state index >= 15 is 0 Å². The Morgan fingerprint density at radius 1 is 0.771 bits per heavy atom. The van der Waals surface area contributed by atoms with Crippen molar-refractivity contribution >= 4 is 40.9 Å². The average molecular weight is 472 g/mol. The second-order valence-corrected chi connectivity index (χ2v) is 7.60. The zero-order valence-electron chi connectivity index (χ0n) is 18.6. The molecule has 2 N–H and O–H groups in total. The smallest absolute Gasteiger partial charge is 0.338 e. The summed E-state index contributed by atoms with van der Waals surface area (Å²) in [6, 6.07) is 16.1.